The van der Waals surface area contributed by atoms with E-state index in [0.29, 0.717) is 0 Å². The molecule has 2 rings (SSSR count). The smallest absolute Gasteiger partial charge is 0.326 e. The maximum Gasteiger partial charge on any atom is 0.326 e. The number of hydrogen-bond donors (Lipinski definition) is 3. The first-order chi connectivity index (χ1) is 11.0. The zero-order valence-electron chi connectivity index (χ0n) is 13.1. The van der Waals surface area contributed by atoms with Crippen molar-refractivity contribution in [2.75, 3.05) is 0 Å². The van der Waals surface area contributed by atoms with E-state index in [1.54, 1.807) is 0 Å². The number of carboxylic acids is 1. The van der Waals surface area contributed by atoms with E-state index in [4.69, 9.17) is 10.8 Å². The highest BCUT2D eigenvalue weighted by molar-refractivity contribution is 5.86. The second-order valence-electron chi connectivity index (χ2n) is 5.03. The molecule has 0 spiro atoms. The van der Waals surface area contributed by atoms with Gasteiger partial charge in [-0.15, -0.1) is 0 Å². The number of carbonyl (C=O) groups excluding carboxylic acids is 1. The van der Waals surface area contributed by atoms with E-state index in [-0.39, 0.29) is 6.42 Å². The Morgan fingerprint density at radius 3 is 1.83 bits per heavy atom. The van der Waals surface area contributed by atoms with Crippen molar-refractivity contribution >= 4 is 11.9 Å². The van der Waals surface area contributed by atoms with Crippen LogP contribution in [0.2, 0.25) is 0 Å². The maximum absolute atomic E-state index is 11.3. The van der Waals surface area contributed by atoms with Crippen molar-refractivity contribution in [3.05, 3.63) is 72.3 Å². The molecule has 0 aromatic heterocycles. The number of rotatable bonds is 5. The van der Waals surface area contributed by atoms with Crippen LogP contribution < -0.4 is 11.1 Å². The van der Waals surface area contributed by atoms with Gasteiger partial charge in [-0.25, -0.2) is 4.79 Å². The maximum atomic E-state index is 11.3. The van der Waals surface area contributed by atoms with Crippen LogP contribution in [0.5, 0.6) is 0 Å². The van der Waals surface area contributed by atoms with Crippen LogP contribution in [0.25, 0.3) is 0 Å². The molecule has 5 nitrogen and oxygen atoms in total. The topological polar surface area (TPSA) is 92.4 Å². The number of nitrogens with two attached hydrogens (primary N) is 1. The van der Waals surface area contributed by atoms with Crippen molar-refractivity contribution in [3.63, 3.8) is 0 Å². The van der Waals surface area contributed by atoms with Gasteiger partial charge in [0.05, 0.1) is 6.04 Å². The van der Waals surface area contributed by atoms with Crippen molar-refractivity contribution in [1.29, 1.82) is 0 Å². The summed E-state index contributed by atoms with van der Waals surface area (Å²) >= 11 is 0. The third kappa shape index (κ3) is 7.78. The zero-order valence-corrected chi connectivity index (χ0v) is 13.1. The molecule has 1 amide bonds. The quantitative estimate of drug-likeness (QED) is 0.785. The summed E-state index contributed by atoms with van der Waals surface area (Å²) < 4.78 is 0. The Morgan fingerprint density at radius 1 is 1.00 bits per heavy atom. The van der Waals surface area contributed by atoms with E-state index in [1.807, 2.05) is 66.7 Å². The first-order valence-corrected chi connectivity index (χ1v) is 7.33. The second kappa shape index (κ2) is 10.1. The first kappa shape index (κ1) is 18.4. The Morgan fingerprint density at radius 2 is 1.43 bits per heavy atom. The van der Waals surface area contributed by atoms with E-state index < -0.39 is 24.0 Å². The minimum Gasteiger partial charge on any atom is -0.480 e. The van der Waals surface area contributed by atoms with Crippen LogP contribution in [0, 0.1) is 0 Å². The molecule has 0 bridgehead atoms. The fourth-order valence-electron chi connectivity index (χ4n) is 1.74. The lowest BCUT2D eigenvalue weighted by Crippen LogP contribution is -2.48. The Bertz CT molecular complexity index is 559. The molecule has 2 aromatic rings. The molecule has 0 fully saturated rings. The van der Waals surface area contributed by atoms with Crippen molar-refractivity contribution in [2.24, 2.45) is 5.73 Å². The highest BCUT2D eigenvalue weighted by atomic mass is 16.4. The molecular formula is C18H22N2O3. The van der Waals surface area contributed by atoms with Gasteiger partial charge in [-0.05, 0) is 12.5 Å². The molecule has 122 valence electrons. The molecule has 2 atom stereocenters. The number of nitrogens with one attached hydrogen (secondary N) is 1. The van der Waals surface area contributed by atoms with E-state index in [2.05, 4.69) is 5.32 Å². The van der Waals surface area contributed by atoms with Crippen molar-refractivity contribution in [2.45, 2.75) is 25.4 Å². The molecule has 0 aliphatic rings. The van der Waals surface area contributed by atoms with Gasteiger partial charge in [-0.3, -0.25) is 4.79 Å². The van der Waals surface area contributed by atoms with Gasteiger partial charge in [0, 0.05) is 6.42 Å². The Balaban J connectivity index is 0.000000366. The predicted octanol–water partition coefficient (Wildman–Crippen LogP) is 1.83. The van der Waals surface area contributed by atoms with Crippen LogP contribution in [0.3, 0.4) is 0 Å². The summed E-state index contributed by atoms with van der Waals surface area (Å²) in [6.07, 6.45) is 0.245. The molecule has 2 unspecified atom stereocenters. The lowest BCUT2D eigenvalue weighted by molar-refractivity contribution is -0.141. The highest BCUT2D eigenvalue weighted by Gasteiger charge is 2.21. The minimum absolute atomic E-state index is 0.245. The fraction of sp³-hybridized carbons (Fsp3) is 0.222. The van der Waals surface area contributed by atoms with E-state index >= 15 is 0 Å². The Kier molecular flexibility index (Phi) is 8.10. The minimum atomic E-state index is -1.07. The number of amides is 1. The fourth-order valence-corrected chi connectivity index (χ4v) is 1.74. The molecule has 0 aliphatic heterocycles. The van der Waals surface area contributed by atoms with Gasteiger partial charge in [-0.2, -0.15) is 0 Å². The molecule has 0 saturated carbocycles. The molecule has 0 heterocycles. The molecule has 0 saturated heterocycles. The van der Waals surface area contributed by atoms with E-state index in [1.165, 1.54) is 6.92 Å². The van der Waals surface area contributed by atoms with E-state index in [9.17, 15) is 9.59 Å². The van der Waals surface area contributed by atoms with Crippen molar-refractivity contribution < 1.29 is 14.7 Å². The molecule has 23 heavy (non-hydrogen) atoms. The molecule has 2 aromatic carbocycles. The Labute approximate surface area is 136 Å². The molecular weight excluding hydrogens is 292 g/mol. The summed E-state index contributed by atoms with van der Waals surface area (Å²) in [6, 6.07) is 19.5. The molecule has 0 radical (unpaired) electrons. The molecule has 4 N–H and O–H groups in total. The Hall–Kier alpha value is -2.66. The van der Waals surface area contributed by atoms with Gasteiger partial charge in [0.15, 0.2) is 0 Å². The standard InChI is InChI=1S/C12H16N2O3.C6H6/c1-8(13)11(15)14-10(12(16)17)7-9-5-3-2-4-6-9;1-2-4-6-5-3-1/h2-6,8,10H,7,13H2,1H3,(H,14,15)(H,16,17);1-6H. The predicted molar refractivity (Wildman–Crippen MR) is 89.8 cm³/mol. The van der Waals surface area contributed by atoms with E-state index in [0.717, 1.165) is 5.56 Å². The third-order valence-corrected chi connectivity index (χ3v) is 2.98. The van der Waals surface area contributed by atoms with Crippen LogP contribution in [0.1, 0.15) is 12.5 Å². The third-order valence-electron chi connectivity index (χ3n) is 2.98. The number of carboxylic acid groups (broad SMARTS) is 1. The first-order valence-electron chi connectivity index (χ1n) is 7.33. The SMILES string of the molecule is CC(N)C(=O)NC(Cc1ccccc1)C(=O)O.c1ccccc1. The lowest BCUT2D eigenvalue weighted by atomic mass is 10.1. The molecule has 5 heteroatoms. The van der Waals surface area contributed by atoms with Gasteiger partial charge in [0.1, 0.15) is 6.04 Å². The summed E-state index contributed by atoms with van der Waals surface area (Å²) in [6.45, 7) is 1.51. The van der Waals surface area contributed by atoms with Gasteiger partial charge in [0.25, 0.3) is 0 Å². The summed E-state index contributed by atoms with van der Waals surface area (Å²) in [5.41, 5.74) is 6.22. The monoisotopic (exact) mass is 314 g/mol. The number of carbonyl (C=O) groups is 2. The molecule has 0 aliphatic carbocycles. The van der Waals surface area contributed by atoms with Crippen molar-refractivity contribution in [3.8, 4) is 0 Å². The average Bonchev–Trinajstić information content (AvgIpc) is 2.57. The second-order valence-corrected chi connectivity index (χ2v) is 5.03. The van der Waals surface area contributed by atoms with Gasteiger partial charge < -0.3 is 16.2 Å². The van der Waals surface area contributed by atoms with Crippen LogP contribution >= 0.6 is 0 Å². The summed E-state index contributed by atoms with van der Waals surface area (Å²) in [7, 11) is 0. The van der Waals surface area contributed by atoms with Gasteiger partial charge in [-0.1, -0.05) is 66.7 Å². The number of benzene rings is 2. The summed E-state index contributed by atoms with van der Waals surface area (Å²) in [4.78, 5) is 22.4. The van der Waals surface area contributed by atoms with Gasteiger partial charge in [0.2, 0.25) is 5.91 Å². The van der Waals surface area contributed by atoms with Crippen LogP contribution in [-0.4, -0.2) is 29.1 Å². The number of aliphatic carboxylic acids is 1. The van der Waals surface area contributed by atoms with Crippen LogP contribution in [0.4, 0.5) is 0 Å². The normalized spacial score (nSPS) is 12.3. The van der Waals surface area contributed by atoms with Crippen LogP contribution in [0.15, 0.2) is 66.7 Å². The summed E-state index contributed by atoms with van der Waals surface area (Å²) in [5.74, 6) is -1.53. The van der Waals surface area contributed by atoms with Crippen molar-refractivity contribution in [1.82, 2.24) is 5.32 Å². The lowest BCUT2D eigenvalue weighted by Gasteiger charge is -2.16. The average molecular weight is 314 g/mol. The van der Waals surface area contributed by atoms with Gasteiger partial charge >= 0.3 is 5.97 Å². The highest BCUT2D eigenvalue weighted by Crippen LogP contribution is 2.03. The van der Waals surface area contributed by atoms with Crippen LogP contribution in [-0.2, 0) is 16.0 Å². The largest absolute Gasteiger partial charge is 0.480 e. The zero-order chi connectivity index (χ0) is 17.1. The summed E-state index contributed by atoms with van der Waals surface area (Å²) in [5, 5.41) is 11.4. The number of hydrogen-bond acceptors (Lipinski definition) is 3.